The van der Waals surface area contributed by atoms with Crippen LogP contribution in [0, 0.1) is 0 Å². The quantitative estimate of drug-likeness (QED) is 0.786. The van der Waals surface area contributed by atoms with Crippen LogP contribution in [0.5, 0.6) is 5.75 Å². The first-order valence-electron chi connectivity index (χ1n) is 7.94. The molecule has 0 saturated heterocycles. The molecule has 1 heterocycles. The van der Waals surface area contributed by atoms with Crippen molar-refractivity contribution in [2.45, 2.75) is 23.7 Å². The van der Waals surface area contributed by atoms with E-state index in [4.69, 9.17) is 9.84 Å². The molecule has 0 aromatic heterocycles. The maximum absolute atomic E-state index is 13.0. The zero-order valence-corrected chi connectivity index (χ0v) is 14.9. The molecule has 6 nitrogen and oxygen atoms in total. The Kier molecular flexibility index (Phi) is 5.18. The predicted molar refractivity (Wildman–Crippen MR) is 93.0 cm³/mol. The molecule has 0 aliphatic carbocycles. The van der Waals surface area contributed by atoms with Gasteiger partial charge in [-0.15, -0.1) is 0 Å². The van der Waals surface area contributed by atoms with E-state index in [1.165, 1.54) is 0 Å². The molecule has 10 heteroatoms. The SMILES string of the molecule is O=C(O)C1=Cc2cc(S(=O)(=O)NCc3ccccc3)ccc2OC1C(F)(F)F. The van der Waals surface area contributed by atoms with E-state index in [2.05, 4.69) is 4.72 Å². The Morgan fingerprint density at radius 3 is 2.43 bits per heavy atom. The lowest BCUT2D eigenvalue weighted by atomic mass is 10.0. The Bertz CT molecular complexity index is 1030. The summed E-state index contributed by atoms with van der Waals surface area (Å²) in [5.41, 5.74) is -0.374. The molecule has 2 N–H and O–H groups in total. The van der Waals surface area contributed by atoms with Crippen LogP contribution in [0.2, 0.25) is 0 Å². The summed E-state index contributed by atoms with van der Waals surface area (Å²) < 4.78 is 71.2. The van der Waals surface area contributed by atoms with Crippen molar-refractivity contribution >= 4 is 22.1 Å². The number of ether oxygens (including phenoxy) is 1. The van der Waals surface area contributed by atoms with Gasteiger partial charge in [-0.25, -0.2) is 17.9 Å². The number of halogens is 3. The van der Waals surface area contributed by atoms with Crippen molar-refractivity contribution in [2.24, 2.45) is 0 Å². The number of fused-ring (bicyclic) bond motifs is 1. The normalized spacial score (nSPS) is 16.7. The summed E-state index contributed by atoms with van der Waals surface area (Å²) in [6, 6.07) is 12.0. The summed E-state index contributed by atoms with van der Waals surface area (Å²) in [6.45, 7) is 0.0170. The molecule has 0 amide bonds. The molecule has 1 aliphatic rings. The van der Waals surface area contributed by atoms with Gasteiger partial charge in [0, 0.05) is 12.1 Å². The van der Waals surface area contributed by atoms with Gasteiger partial charge in [0.25, 0.3) is 0 Å². The molecule has 148 valence electrons. The monoisotopic (exact) mass is 413 g/mol. The fraction of sp³-hybridized carbons (Fsp3) is 0.167. The molecule has 0 radical (unpaired) electrons. The first kappa shape index (κ1) is 19.9. The number of aliphatic carboxylic acids is 1. The highest BCUT2D eigenvalue weighted by Crippen LogP contribution is 2.38. The van der Waals surface area contributed by atoms with Crippen LogP contribution in [0.3, 0.4) is 0 Å². The lowest BCUT2D eigenvalue weighted by molar-refractivity contribution is -0.187. The molecule has 0 spiro atoms. The number of carbonyl (C=O) groups is 1. The highest BCUT2D eigenvalue weighted by atomic mass is 32.2. The fourth-order valence-corrected chi connectivity index (χ4v) is 3.67. The van der Waals surface area contributed by atoms with Gasteiger partial charge in [0.15, 0.2) is 0 Å². The summed E-state index contributed by atoms with van der Waals surface area (Å²) in [6.07, 6.45) is -6.78. The van der Waals surface area contributed by atoms with Crippen molar-refractivity contribution in [1.82, 2.24) is 4.72 Å². The molecule has 1 unspecified atom stereocenters. The Hall–Kier alpha value is -2.85. The summed E-state index contributed by atoms with van der Waals surface area (Å²) >= 11 is 0. The second kappa shape index (κ2) is 7.28. The minimum atomic E-state index is -4.93. The average molecular weight is 413 g/mol. The first-order chi connectivity index (χ1) is 13.1. The van der Waals surface area contributed by atoms with Crippen LogP contribution < -0.4 is 9.46 Å². The van der Waals surface area contributed by atoms with E-state index in [0.717, 1.165) is 24.3 Å². The largest absolute Gasteiger partial charge is 0.478 e. The standard InChI is InChI=1S/C18H14F3NO5S/c19-18(20,21)16-14(17(23)24)9-12-8-13(6-7-15(12)27-16)28(25,26)22-10-11-4-2-1-3-5-11/h1-9,16,22H,10H2,(H,23,24). The summed E-state index contributed by atoms with van der Waals surface area (Å²) in [5, 5.41) is 9.06. The van der Waals surface area contributed by atoms with E-state index in [1.54, 1.807) is 30.3 Å². The number of hydrogen-bond donors (Lipinski definition) is 2. The molecule has 1 atom stereocenters. The summed E-state index contributed by atoms with van der Waals surface area (Å²) in [5.74, 6) is -2.06. The van der Waals surface area contributed by atoms with Crippen LogP contribution in [-0.2, 0) is 21.4 Å². The van der Waals surface area contributed by atoms with Gasteiger partial charge in [-0.05, 0) is 29.8 Å². The molecule has 28 heavy (non-hydrogen) atoms. The minimum Gasteiger partial charge on any atom is -0.478 e. The van der Waals surface area contributed by atoms with E-state index >= 15 is 0 Å². The summed E-state index contributed by atoms with van der Waals surface area (Å²) in [4.78, 5) is 11.0. The van der Waals surface area contributed by atoms with Crippen LogP contribution in [0.15, 0.2) is 59.0 Å². The number of sulfonamides is 1. The van der Waals surface area contributed by atoms with Gasteiger partial charge in [0.2, 0.25) is 16.1 Å². The van der Waals surface area contributed by atoms with Crippen LogP contribution in [0.25, 0.3) is 6.08 Å². The van der Waals surface area contributed by atoms with Gasteiger partial charge in [0.1, 0.15) is 5.75 Å². The lowest BCUT2D eigenvalue weighted by Gasteiger charge is -2.27. The molecule has 0 bridgehead atoms. The second-order valence-corrected chi connectivity index (χ2v) is 7.72. The third-order valence-electron chi connectivity index (χ3n) is 3.98. The maximum atomic E-state index is 13.0. The number of carboxylic acids is 1. The van der Waals surface area contributed by atoms with Gasteiger partial charge in [0.05, 0.1) is 10.5 Å². The van der Waals surface area contributed by atoms with E-state index < -0.39 is 33.8 Å². The molecular formula is C18H14F3NO5S. The maximum Gasteiger partial charge on any atom is 0.430 e. The number of carboxylic acid groups (broad SMARTS) is 1. The Morgan fingerprint density at radius 1 is 1.14 bits per heavy atom. The van der Waals surface area contributed by atoms with E-state index in [0.29, 0.717) is 5.56 Å². The minimum absolute atomic E-state index is 0.0170. The van der Waals surface area contributed by atoms with Crippen molar-refractivity contribution < 1.29 is 36.2 Å². The Balaban J connectivity index is 1.91. The molecule has 0 saturated carbocycles. The van der Waals surface area contributed by atoms with Crippen LogP contribution in [0.4, 0.5) is 13.2 Å². The molecule has 2 aromatic rings. The zero-order chi connectivity index (χ0) is 20.5. The molecule has 1 aliphatic heterocycles. The topological polar surface area (TPSA) is 92.7 Å². The van der Waals surface area contributed by atoms with Gasteiger partial charge in [-0.1, -0.05) is 30.3 Å². The van der Waals surface area contributed by atoms with E-state index in [-0.39, 0.29) is 22.8 Å². The van der Waals surface area contributed by atoms with Gasteiger partial charge in [-0.2, -0.15) is 13.2 Å². The Labute approximate surface area is 158 Å². The van der Waals surface area contributed by atoms with Crippen molar-refractivity contribution in [3.8, 4) is 5.75 Å². The van der Waals surface area contributed by atoms with Gasteiger partial charge in [-0.3, -0.25) is 0 Å². The van der Waals surface area contributed by atoms with E-state index in [1.807, 2.05) is 0 Å². The first-order valence-corrected chi connectivity index (χ1v) is 9.42. The van der Waals surface area contributed by atoms with Crippen LogP contribution >= 0.6 is 0 Å². The van der Waals surface area contributed by atoms with Crippen molar-refractivity contribution in [3.05, 3.63) is 65.2 Å². The number of benzene rings is 2. The van der Waals surface area contributed by atoms with Crippen molar-refractivity contribution in [3.63, 3.8) is 0 Å². The number of rotatable bonds is 5. The zero-order valence-electron chi connectivity index (χ0n) is 14.1. The number of alkyl halides is 3. The van der Waals surface area contributed by atoms with Gasteiger partial charge >= 0.3 is 12.1 Å². The fourth-order valence-electron chi connectivity index (χ4n) is 2.62. The third-order valence-corrected chi connectivity index (χ3v) is 5.38. The lowest BCUT2D eigenvalue weighted by Crippen LogP contribution is -2.40. The van der Waals surface area contributed by atoms with Crippen molar-refractivity contribution in [1.29, 1.82) is 0 Å². The highest BCUT2D eigenvalue weighted by Gasteiger charge is 2.48. The molecular weight excluding hydrogens is 399 g/mol. The molecule has 3 rings (SSSR count). The Morgan fingerprint density at radius 2 is 1.82 bits per heavy atom. The third kappa shape index (κ3) is 4.18. The summed E-state index contributed by atoms with van der Waals surface area (Å²) in [7, 11) is -3.98. The average Bonchev–Trinajstić information content (AvgIpc) is 2.65. The van der Waals surface area contributed by atoms with Crippen LogP contribution in [-0.4, -0.2) is 31.8 Å². The van der Waals surface area contributed by atoms with Crippen LogP contribution in [0.1, 0.15) is 11.1 Å². The predicted octanol–water partition coefficient (Wildman–Crippen LogP) is 2.96. The van der Waals surface area contributed by atoms with Gasteiger partial charge < -0.3 is 9.84 Å². The second-order valence-electron chi connectivity index (χ2n) is 5.95. The smallest absolute Gasteiger partial charge is 0.430 e. The molecule has 0 fully saturated rings. The number of hydrogen-bond acceptors (Lipinski definition) is 4. The number of nitrogens with one attached hydrogen (secondary N) is 1. The van der Waals surface area contributed by atoms with Crippen molar-refractivity contribution in [2.75, 3.05) is 0 Å². The van der Waals surface area contributed by atoms with E-state index in [9.17, 15) is 26.4 Å². The molecule has 2 aromatic carbocycles. The highest BCUT2D eigenvalue weighted by molar-refractivity contribution is 7.89.